The van der Waals surface area contributed by atoms with Crippen molar-refractivity contribution in [1.29, 1.82) is 0 Å². The first kappa shape index (κ1) is 15.4. The second kappa shape index (κ2) is 5.64. The van der Waals surface area contributed by atoms with Crippen LogP contribution in [0.5, 0.6) is 0 Å². The van der Waals surface area contributed by atoms with Crippen molar-refractivity contribution in [2.75, 3.05) is 0 Å². The van der Waals surface area contributed by atoms with E-state index >= 15 is 0 Å². The summed E-state index contributed by atoms with van der Waals surface area (Å²) < 4.78 is 30.7. The zero-order valence-electron chi connectivity index (χ0n) is 8.48. The van der Waals surface area contributed by atoms with Crippen LogP contribution >= 0.6 is 0 Å². The molecule has 0 unspecified atom stereocenters. The van der Waals surface area contributed by atoms with Gasteiger partial charge in [-0.1, -0.05) is 26.0 Å². The van der Waals surface area contributed by atoms with Crippen molar-refractivity contribution >= 4 is 47.9 Å². The molecule has 0 bridgehead atoms. The van der Waals surface area contributed by atoms with Crippen molar-refractivity contribution in [1.82, 2.24) is 0 Å². The van der Waals surface area contributed by atoms with Crippen molar-refractivity contribution in [3.8, 4) is 0 Å². The Hall–Kier alpha value is 0.390. The molecule has 5 heteroatoms. The summed E-state index contributed by atoms with van der Waals surface area (Å²) in [5, 5.41) is 0. The standard InChI is InChI=1S/C10H14O3S.Ca.2H/c1-7(2)9-4-5-10(8(3)6-9)14(11,12)13;;;/h4-7H,1-3H3,(H,11,12,13);;;. The van der Waals surface area contributed by atoms with E-state index in [0.717, 1.165) is 5.56 Å². The van der Waals surface area contributed by atoms with Crippen LogP contribution in [0.3, 0.4) is 0 Å². The molecule has 0 amide bonds. The van der Waals surface area contributed by atoms with Crippen LogP contribution in [0.25, 0.3) is 0 Å². The van der Waals surface area contributed by atoms with Crippen molar-refractivity contribution in [3.05, 3.63) is 29.3 Å². The van der Waals surface area contributed by atoms with Crippen LogP contribution in [0.1, 0.15) is 30.9 Å². The quantitative estimate of drug-likeness (QED) is 0.643. The number of aryl methyl sites for hydroxylation is 1. The van der Waals surface area contributed by atoms with Crippen LogP contribution in [0.4, 0.5) is 0 Å². The fourth-order valence-electron chi connectivity index (χ4n) is 1.32. The average molecular weight is 256 g/mol. The van der Waals surface area contributed by atoms with Crippen LogP contribution in [0.15, 0.2) is 23.1 Å². The van der Waals surface area contributed by atoms with Gasteiger partial charge in [0.25, 0.3) is 10.1 Å². The van der Waals surface area contributed by atoms with Gasteiger partial charge in [0.1, 0.15) is 0 Å². The summed E-state index contributed by atoms with van der Waals surface area (Å²) in [5.41, 5.74) is 1.65. The van der Waals surface area contributed by atoms with Gasteiger partial charge in [-0.2, -0.15) is 8.42 Å². The fraction of sp³-hybridized carbons (Fsp3) is 0.400. The molecule has 82 valence electrons. The van der Waals surface area contributed by atoms with E-state index in [-0.39, 0.29) is 42.6 Å². The molecule has 0 heterocycles. The zero-order chi connectivity index (χ0) is 10.9. The van der Waals surface area contributed by atoms with Crippen molar-refractivity contribution in [2.24, 2.45) is 0 Å². The summed E-state index contributed by atoms with van der Waals surface area (Å²) in [4.78, 5) is -0.0121. The Morgan fingerprint density at radius 1 is 1.27 bits per heavy atom. The Labute approximate surface area is 121 Å². The maximum atomic E-state index is 10.9. The van der Waals surface area contributed by atoms with Gasteiger partial charge in [0.2, 0.25) is 0 Å². The number of hydrogen-bond acceptors (Lipinski definition) is 2. The Bertz CT molecular complexity index is 438. The summed E-state index contributed by atoms with van der Waals surface area (Å²) in [6, 6.07) is 4.95. The van der Waals surface area contributed by atoms with Crippen molar-refractivity contribution in [3.63, 3.8) is 0 Å². The van der Waals surface area contributed by atoms with E-state index < -0.39 is 10.1 Å². The zero-order valence-corrected chi connectivity index (χ0v) is 9.30. The predicted molar refractivity (Wildman–Crippen MR) is 63.6 cm³/mol. The normalized spacial score (nSPS) is 11.3. The molecule has 0 fully saturated rings. The van der Waals surface area contributed by atoms with E-state index in [1.54, 1.807) is 19.1 Å². The summed E-state index contributed by atoms with van der Waals surface area (Å²) in [6.07, 6.45) is 0. The molecule has 3 nitrogen and oxygen atoms in total. The average Bonchev–Trinajstić information content (AvgIpc) is 2.01. The summed E-state index contributed by atoms with van der Waals surface area (Å²) >= 11 is 0. The van der Waals surface area contributed by atoms with Gasteiger partial charge >= 0.3 is 37.7 Å². The van der Waals surface area contributed by atoms with E-state index in [0.29, 0.717) is 11.5 Å². The molecule has 0 aliphatic heterocycles. The Morgan fingerprint density at radius 3 is 2.13 bits per heavy atom. The molecular weight excluding hydrogens is 240 g/mol. The first-order valence-electron chi connectivity index (χ1n) is 4.40. The minimum atomic E-state index is -4.08. The Morgan fingerprint density at radius 2 is 1.80 bits per heavy atom. The first-order chi connectivity index (χ1) is 6.32. The first-order valence-corrected chi connectivity index (χ1v) is 5.84. The molecular formula is C10H16CaO3S. The summed E-state index contributed by atoms with van der Waals surface area (Å²) in [7, 11) is -4.08. The summed E-state index contributed by atoms with van der Waals surface area (Å²) in [5.74, 6) is 0.351. The van der Waals surface area contributed by atoms with Crippen LogP contribution in [-0.2, 0) is 10.1 Å². The third-order valence-electron chi connectivity index (χ3n) is 2.14. The molecule has 1 rings (SSSR count). The van der Waals surface area contributed by atoms with E-state index in [1.807, 2.05) is 13.8 Å². The van der Waals surface area contributed by atoms with E-state index in [2.05, 4.69) is 0 Å². The van der Waals surface area contributed by atoms with E-state index in [9.17, 15) is 8.42 Å². The second-order valence-corrected chi connectivity index (χ2v) is 5.04. The van der Waals surface area contributed by atoms with E-state index in [4.69, 9.17) is 4.55 Å². The monoisotopic (exact) mass is 256 g/mol. The molecule has 15 heavy (non-hydrogen) atoms. The van der Waals surface area contributed by atoms with Crippen molar-refractivity contribution in [2.45, 2.75) is 31.6 Å². The van der Waals surface area contributed by atoms with Gasteiger partial charge in [-0.25, -0.2) is 0 Å². The molecule has 0 saturated carbocycles. The molecule has 1 N–H and O–H groups in total. The topological polar surface area (TPSA) is 54.4 Å². The van der Waals surface area contributed by atoms with Gasteiger partial charge in [-0.15, -0.1) is 0 Å². The van der Waals surface area contributed by atoms with Gasteiger partial charge in [-0.05, 0) is 30.0 Å². The Kier molecular flexibility index (Phi) is 5.79. The van der Waals surface area contributed by atoms with Gasteiger partial charge in [-0.3, -0.25) is 4.55 Å². The third-order valence-corrected chi connectivity index (χ3v) is 3.16. The molecule has 0 saturated heterocycles. The van der Waals surface area contributed by atoms with E-state index in [1.165, 1.54) is 6.07 Å². The molecule has 0 atom stereocenters. The number of rotatable bonds is 2. The van der Waals surface area contributed by atoms with Crippen LogP contribution in [-0.4, -0.2) is 50.7 Å². The maximum absolute atomic E-state index is 10.9. The van der Waals surface area contributed by atoms with Gasteiger partial charge in [0.05, 0.1) is 4.90 Å². The number of hydrogen-bond donors (Lipinski definition) is 1. The van der Waals surface area contributed by atoms with Crippen LogP contribution in [0.2, 0.25) is 0 Å². The fourth-order valence-corrected chi connectivity index (χ4v) is 2.03. The molecule has 0 aliphatic rings. The third kappa shape index (κ3) is 4.04. The Balaban J connectivity index is 0.00000196. The predicted octanol–water partition coefficient (Wildman–Crippen LogP) is 1.45. The van der Waals surface area contributed by atoms with Gasteiger partial charge in [0.15, 0.2) is 0 Å². The van der Waals surface area contributed by atoms with Gasteiger partial charge in [0, 0.05) is 0 Å². The molecule has 1 aromatic rings. The van der Waals surface area contributed by atoms with Crippen molar-refractivity contribution < 1.29 is 13.0 Å². The SMILES string of the molecule is Cc1cc(C(C)C)ccc1S(=O)(=O)O.[CaH2]. The van der Waals surface area contributed by atoms with Gasteiger partial charge < -0.3 is 0 Å². The van der Waals surface area contributed by atoms with Crippen LogP contribution < -0.4 is 0 Å². The second-order valence-electron chi connectivity index (χ2n) is 3.65. The molecule has 0 aromatic heterocycles. The van der Waals surface area contributed by atoms with Crippen LogP contribution in [0, 0.1) is 6.92 Å². The number of benzene rings is 1. The minimum absolute atomic E-state index is 0. The molecule has 0 aliphatic carbocycles. The molecule has 1 aromatic carbocycles. The molecule has 0 spiro atoms. The molecule has 0 radical (unpaired) electrons. The summed E-state index contributed by atoms with van der Waals surface area (Å²) in [6.45, 7) is 5.73.